The molecule has 8 nitrogen and oxygen atoms in total. The zero-order valence-electron chi connectivity index (χ0n) is 21.1. The van der Waals surface area contributed by atoms with Crippen molar-refractivity contribution in [3.05, 3.63) is 53.3 Å². The van der Waals surface area contributed by atoms with Gasteiger partial charge >= 0.3 is 6.18 Å². The molecule has 1 fully saturated rings. The van der Waals surface area contributed by atoms with E-state index in [1.165, 1.54) is 20.1 Å². The molecule has 0 bridgehead atoms. The van der Waals surface area contributed by atoms with Crippen molar-refractivity contribution in [3.8, 4) is 11.5 Å². The third kappa shape index (κ3) is 6.22. The largest absolute Gasteiger partial charge is 0.493 e. The highest BCUT2D eigenvalue weighted by atomic mass is 19.4. The van der Waals surface area contributed by atoms with Crippen molar-refractivity contribution in [1.82, 2.24) is 14.9 Å². The first kappa shape index (κ1) is 26.5. The molecule has 1 aromatic heterocycles. The molecule has 1 aliphatic rings. The van der Waals surface area contributed by atoms with Gasteiger partial charge in [-0.1, -0.05) is 12.1 Å². The standard InChI is InChI=1S/C26H29F3N4O4/c1-15(18-6-5-7-19(10-18)26(27,28)29)30-25-21-11-24(23(35-4)12-22(21)31-16(2)32-25)37-14-20-13-33(17(3)34)8-9-36-20/h5-7,10-12,15,20H,8-9,13-14H2,1-4H3,(H,30,31,32)/t15-,20+/m1/s1. The number of amides is 1. The van der Waals surface area contributed by atoms with Crippen LogP contribution in [-0.2, 0) is 15.7 Å². The van der Waals surface area contributed by atoms with Crippen LogP contribution in [0.1, 0.15) is 36.8 Å². The predicted octanol–water partition coefficient (Wildman–Crippen LogP) is 4.76. The maximum atomic E-state index is 13.2. The molecule has 1 aliphatic heterocycles. The number of nitrogens with one attached hydrogen (secondary N) is 1. The Morgan fingerprint density at radius 3 is 2.73 bits per heavy atom. The van der Waals surface area contributed by atoms with Crippen LogP contribution in [0.3, 0.4) is 0 Å². The van der Waals surface area contributed by atoms with Crippen LogP contribution in [0.15, 0.2) is 36.4 Å². The van der Waals surface area contributed by atoms with Crippen LogP contribution >= 0.6 is 0 Å². The lowest BCUT2D eigenvalue weighted by molar-refractivity contribution is -0.138. The molecule has 2 heterocycles. The third-order valence-corrected chi connectivity index (χ3v) is 6.17. The SMILES string of the molecule is COc1cc2nc(C)nc(N[C@H](C)c3cccc(C(F)(F)F)c3)c2cc1OC[C@@H]1CN(C(C)=O)CCO1. The van der Waals surface area contributed by atoms with Gasteiger partial charge in [-0.25, -0.2) is 9.97 Å². The minimum absolute atomic E-state index is 0.0188. The molecule has 3 aromatic rings. The van der Waals surface area contributed by atoms with Gasteiger partial charge in [-0.15, -0.1) is 0 Å². The number of benzene rings is 2. The second-order valence-corrected chi connectivity index (χ2v) is 8.90. The summed E-state index contributed by atoms with van der Waals surface area (Å²) in [6.07, 6.45) is -4.73. The zero-order valence-corrected chi connectivity index (χ0v) is 21.1. The molecule has 198 valence electrons. The maximum Gasteiger partial charge on any atom is 0.416 e. The van der Waals surface area contributed by atoms with Gasteiger partial charge in [0, 0.05) is 31.0 Å². The number of alkyl halides is 3. The van der Waals surface area contributed by atoms with E-state index in [2.05, 4.69) is 15.3 Å². The minimum Gasteiger partial charge on any atom is -0.493 e. The predicted molar refractivity (Wildman–Crippen MR) is 132 cm³/mol. The summed E-state index contributed by atoms with van der Waals surface area (Å²) in [5.41, 5.74) is 0.344. The van der Waals surface area contributed by atoms with E-state index in [1.807, 2.05) is 0 Å². The number of hydrogen-bond acceptors (Lipinski definition) is 7. The first-order chi connectivity index (χ1) is 17.5. The van der Waals surface area contributed by atoms with Crippen molar-refractivity contribution < 1.29 is 32.2 Å². The topological polar surface area (TPSA) is 85.8 Å². The van der Waals surface area contributed by atoms with Crippen LogP contribution in [0.2, 0.25) is 0 Å². The summed E-state index contributed by atoms with van der Waals surface area (Å²) in [5.74, 6) is 1.82. The summed E-state index contributed by atoms with van der Waals surface area (Å²) in [6.45, 7) is 6.61. The van der Waals surface area contributed by atoms with E-state index < -0.39 is 17.8 Å². The Morgan fingerprint density at radius 1 is 1.24 bits per heavy atom. The Kier molecular flexibility index (Phi) is 7.72. The first-order valence-electron chi connectivity index (χ1n) is 11.8. The summed E-state index contributed by atoms with van der Waals surface area (Å²) < 4.78 is 56.9. The summed E-state index contributed by atoms with van der Waals surface area (Å²) in [4.78, 5) is 22.4. The van der Waals surface area contributed by atoms with Gasteiger partial charge in [-0.3, -0.25) is 4.79 Å². The maximum absolute atomic E-state index is 13.2. The summed E-state index contributed by atoms with van der Waals surface area (Å²) in [6, 6.07) is 8.18. The number of carbonyl (C=O) groups is 1. The van der Waals surface area contributed by atoms with E-state index in [1.54, 1.807) is 36.9 Å². The van der Waals surface area contributed by atoms with E-state index >= 15 is 0 Å². The summed E-state index contributed by atoms with van der Waals surface area (Å²) in [7, 11) is 1.52. The number of carbonyl (C=O) groups excluding carboxylic acids is 1. The van der Waals surface area contributed by atoms with E-state index in [0.717, 1.165) is 12.1 Å². The summed E-state index contributed by atoms with van der Waals surface area (Å²) >= 11 is 0. The quantitative estimate of drug-likeness (QED) is 0.483. The monoisotopic (exact) mass is 518 g/mol. The summed E-state index contributed by atoms with van der Waals surface area (Å²) in [5, 5.41) is 3.85. The lowest BCUT2D eigenvalue weighted by Crippen LogP contribution is -2.46. The Morgan fingerprint density at radius 2 is 2.03 bits per heavy atom. The fraction of sp³-hybridized carbons (Fsp3) is 0.423. The molecule has 0 spiro atoms. The second-order valence-electron chi connectivity index (χ2n) is 8.90. The molecule has 2 aromatic carbocycles. The number of aryl methyl sites for hydroxylation is 1. The first-order valence-corrected chi connectivity index (χ1v) is 11.8. The van der Waals surface area contributed by atoms with Gasteiger partial charge in [-0.2, -0.15) is 13.2 Å². The smallest absolute Gasteiger partial charge is 0.416 e. The fourth-order valence-electron chi connectivity index (χ4n) is 4.20. The van der Waals surface area contributed by atoms with Crippen molar-refractivity contribution in [2.75, 3.05) is 38.7 Å². The number of morpholine rings is 1. The van der Waals surface area contributed by atoms with Crippen LogP contribution in [-0.4, -0.2) is 60.3 Å². The number of nitrogens with zero attached hydrogens (tertiary/aromatic N) is 3. The van der Waals surface area contributed by atoms with Gasteiger partial charge in [0.25, 0.3) is 0 Å². The Balaban J connectivity index is 1.61. The fourth-order valence-corrected chi connectivity index (χ4v) is 4.20. The number of fused-ring (bicyclic) bond motifs is 1. The molecule has 0 unspecified atom stereocenters. The molecule has 2 atom stereocenters. The normalized spacial score (nSPS) is 16.9. The second kappa shape index (κ2) is 10.8. The number of hydrogen-bond donors (Lipinski definition) is 1. The van der Waals surface area contributed by atoms with Gasteiger partial charge in [0.1, 0.15) is 24.4 Å². The van der Waals surface area contributed by atoms with Gasteiger partial charge < -0.3 is 24.4 Å². The van der Waals surface area contributed by atoms with Crippen LogP contribution in [0.4, 0.5) is 19.0 Å². The van der Waals surface area contributed by atoms with Crippen molar-refractivity contribution >= 4 is 22.6 Å². The van der Waals surface area contributed by atoms with E-state index in [9.17, 15) is 18.0 Å². The molecule has 0 radical (unpaired) electrons. The van der Waals surface area contributed by atoms with Crippen LogP contribution in [0.5, 0.6) is 11.5 Å². The molecule has 11 heteroatoms. The van der Waals surface area contributed by atoms with Gasteiger partial charge in [0.2, 0.25) is 5.91 Å². The van der Waals surface area contributed by atoms with Crippen LogP contribution in [0, 0.1) is 6.92 Å². The average Bonchev–Trinajstić information content (AvgIpc) is 2.86. The van der Waals surface area contributed by atoms with Crippen LogP contribution < -0.4 is 14.8 Å². The van der Waals surface area contributed by atoms with Crippen molar-refractivity contribution in [2.45, 2.75) is 39.1 Å². The van der Waals surface area contributed by atoms with Gasteiger partial charge in [0.05, 0.1) is 31.3 Å². The van der Waals surface area contributed by atoms with Crippen molar-refractivity contribution in [1.29, 1.82) is 0 Å². The average molecular weight is 519 g/mol. The number of rotatable bonds is 7. The number of anilines is 1. The molecule has 37 heavy (non-hydrogen) atoms. The van der Waals surface area contributed by atoms with E-state index in [0.29, 0.717) is 59.3 Å². The number of aromatic nitrogens is 2. The Labute approximate surface area is 212 Å². The van der Waals surface area contributed by atoms with Crippen LogP contribution in [0.25, 0.3) is 10.9 Å². The van der Waals surface area contributed by atoms with Gasteiger partial charge in [-0.05, 0) is 37.6 Å². The molecule has 4 rings (SSSR count). The molecule has 0 aliphatic carbocycles. The highest BCUT2D eigenvalue weighted by Gasteiger charge is 2.31. The number of ether oxygens (including phenoxy) is 3. The van der Waals surface area contributed by atoms with Crippen molar-refractivity contribution in [2.24, 2.45) is 0 Å². The van der Waals surface area contributed by atoms with Crippen molar-refractivity contribution in [3.63, 3.8) is 0 Å². The Bertz CT molecular complexity index is 1280. The third-order valence-electron chi connectivity index (χ3n) is 6.17. The lowest BCUT2D eigenvalue weighted by atomic mass is 10.0. The highest BCUT2D eigenvalue weighted by molar-refractivity contribution is 5.92. The Hall–Kier alpha value is -3.60. The highest BCUT2D eigenvalue weighted by Crippen LogP contribution is 2.36. The molecule has 1 N–H and O–H groups in total. The number of methoxy groups -OCH3 is 1. The molecule has 0 saturated carbocycles. The lowest BCUT2D eigenvalue weighted by Gasteiger charge is -2.32. The molecular formula is C26H29F3N4O4. The zero-order chi connectivity index (χ0) is 26.7. The van der Waals surface area contributed by atoms with E-state index in [-0.39, 0.29) is 18.6 Å². The molecular weight excluding hydrogens is 489 g/mol. The molecule has 1 amide bonds. The van der Waals surface area contributed by atoms with E-state index in [4.69, 9.17) is 14.2 Å². The number of halogens is 3. The van der Waals surface area contributed by atoms with Gasteiger partial charge in [0.15, 0.2) is 11.5 Å². The minimum atomic E-state index is -4.43. The molecule has 1 saturated heterocycles.